The zero-order valence-corrected chi connectivity index (χ0v) is 11.4. The summed E-state index contributed by atoms with van der Waals surface area (Å²) in [5.41, 5.74) is 1.36. The fourth-order valence-corrected chi connectivity index (χ4v) is 2.76. The third-order valence-corrected chi connectivity index (χ3v) is 3.69. The number of hydrogen-bond donors (Lipinski definition) is 0. The number of carbonyl (C=O) groups is 1. The van der Waals surface area contributed by atoms with Crippen molar-refractivity contribution >= 4 is 5.97 Å². The highest BCUT2D eigenvalue weighted by atomic mass is 19.2. The lowest BCUT2D eigenvalue weighted by atomic mass is 9.88. The lowest BCUT2D eigenvalue weighted by Gasteiger charge is -2.20. The van der Waals surface area contributed by atoms with Crippen LogP contribution in [-0.4, -0.2) is 20.2 Å². The second-order valence-corrected chi connectivity index (χ2v) is 4.88. The summed E-state index contributed by atoms with van der Waals surface area (Å²) in [6.07, 6.45) is 1.01. The van der Waals surface area contributed by atoms with E-state index >= 15 is 0 Å². The van der Waals surface area contributed by atoms with Crippen LogP contribution >= 0.6 is 0 Å². The molecule has 1 aromatic carbocycles. The molecule has 3 nitrogen and oxygen atoms in total. The molecule has 1 aromatic rings. The number of hydrogen-bond acceptors (Lipinski definition) is 3. The number of halogens is 2. The molecular weight excluding hydrogens is 266 g/mol. The first-order valence-electron chi connectivity index (χ1n) is 6.26. The van der Waals surface area contributed by atoms with Gasteiger partial charge in [0.1, 0.15) is 0 Å². The summed E-state index contributed by atoms with van der Waals surface area (Å²) in [4.78, 5) is 11.8. The van der Waals surface area contributed by atoms with Gasteiger partial charge in [-0.25, -0.2) is 4.39 Å². The van der Waals surface area contributed by atoms with E-state index in [0.29, 0.717) is 18.4 Å². The molecule has 108 valence electrons. The maximum Gasteiger partial charge on any atom is 0.309 e. The molecule has 5 heteroatoms. The molecule has 0 saturated heterocycles. The fourth-order valence-electron chi connectivity index (χ4n) is 2.76. The molecule has 0 spiro atoms. The zero-order chi connectivity index (χ0) is 14.9. The Kier molecular flexibility index (Phi) is 4.06. The third-order valence-electron chi connectivity index (χ3n) is 3.69. The third kappa shape index (κ3) is 2.40. The van der Waals surface area contributed by atoms with Crippen LogP contribution in [0.5, 0.6) is 5.75 Å². The number of ether oxygens (including phenoxy) is 2. The van der Waals surface area contributed by atoms with Crippen LogP contribution in [0.3, 0.4) is 0 Å². The van der Waals surface area contributed by atoms with Gasteiger partial charge in [-0.3, -0.25) is 4.79 Å². The van der Waals surface area contributed by atoms with Gasteiger partial charge in [0.15, 0.2) is 11.6 Å². The molecule has 0 amide bonds. The topological polar surface area (TPSA) is 35.5 Å². The van der Waals surface area contributed by atoms with Crippen molar-refractivity contribution in [3.63, 3.8) is 0 Å². The quantitative estimate of drug-likeness (QED) is 0.631. The number of methoxy groups -OCH3 is 2. The fraction of sp³-hybridized carbons (Fsp3) is 0.400. The molecule has 1 aliphatic rings. The number of esters is 1. The Bertz CT molecular complexity index is 554. The molecule has 0 N–H and O–H groups in total. The van der Waals surface area contributed by atoms with Crippen molar-refractivity contribution in [3.05, 3.63) is 41.5 Å². The Morgan fingerprint density at radius 3 is 2.60 bits per heavy atom. The number of carbonyl (C=O) groups excluding carboxylic acids is 1. The average molecular weight is 282 g/mol. The summed E-state index contributed by atoms with van der Waals surface area (Å²) in [6.45, 7) is 3.88. The highest BCUT2D eigenvalue weighted by Gasteiger charge is 2.39. The van der Waals surface area contributed by atoms with E-state index in [1.165, 1.54) is 20.3 Å². The molecular formula is C15H16F2O3. The maximum atomic E-state index is 13.8. The van der Waals surface area contributed by atoms with Crippen LogP contribution in [0.2, 0.25) is 0 Å². The zero-order valence-electron chi connectivity index (χ0n) is 11.4. The summed E-state index contributed by atoms with van der Waals surface area (Å²) in [7, 11) is 2.58. The lowest BCUT2D eigenvalue weighted by molar-refractivity contribution is -0.145. The minimum Gasteiger partial charge on any atom is -0.493 e. The van der Waals surface area contributed by atoms with E-state index in [9.17, 15) is 13.6 Å². The first-order valence-corrected chi connectivity index (χ1v) is 6.26. The van der Waals surface area contributed by atoms with E-state index in [0.717, 1.165) is 11.6 Å². The normalized spacial score (nSPS) is 21.9. The Hall–Kier alpha value is -1.91. The average Bonchev–Trinajstić information content (AvgIpc) is 2.82. The van der Waals surface area contributed by atoms with Gasteiger partial charge in [-0.05, 0) is 18.9 Å². The summed E-state index contributed by atoms with van der Waals surface area (Å²) >= 11 is 0. The molecule has 2 unspecified atom stereocenters. The summed E-state index contributed by atoms with van der Waals surface area (Å²) in [5, 5.41) is 0. The van der Waals surface area contributed by atoms with Gasteiger partial charge in [-0.1, -0.05) is 18.2 Å². The molecule has 1 saturated carbocycles. The van der Waals surface area contributed by atoms with Crippen LogP contribution < -0.4 is 4.74 Å². The Morgan fingerprint density at radius 1 is 1.30 bits per heavy atom. The van der Waals surface area contributed by atoms with Gasteiger partial charge < -0.3 is 9.47 Å². The van der Waals surface area contributed by atoms with Gasteiger partial charge in [0.2, 0.25) is 5.82 Å². The molecule has 20 heavy (non-hydrogen) atoms. The predicted octanol–water partition coefficient (Wildman–Crippen LogP) is 3.20. The molecule has 0 bridgehead atoms. The van der Waals surface area contributed by atoms with E-state index in [-0.39, 0.29) is 17.6 Å². The van der Waals surface area contributed by atoms with Crippen molar-refractivity contribution in [2.24, 2.45) is 5.92 Å². The van der Waals surface area contributed by atoms with Crippen molar-refractivity contribution in [2.75, 3.05) is 14.2 Å². The number of allylic oxidation sites excluding steroid dienone is 1. The molecule has 2 atom stereocenters. The summed E-state index contributed by atoms with van der Waals surface area (Å²) in [5.74, 6) is -3.28. The van der Waals surface area contributed by atoms with Gasteiger partial charge in [0.25, 0.3) is 0 Å². The first kappa shape index (κ1) is 14.5. The Labute approximate surface area is 116 Å². The van der Waals surface area contributed by atoms with Gasteiger partial charge in [-0.2, -0.15) is 4.39 Å². The number of rotatable bonds is 3. The number of benzene rings is 1. The van der Waals surface area contributed by atoms with E-state index < -0.39 is 17.6 Å². The van der Waals surface area contributed by atoms with Crippen molar-refractivity contribution in [1.82, 2.24) is 0 Å². The van der Waals surface area contributed by atoms with Gasteiger partial charge >= 0.3 is 5.97 Å². The van der Waals surface area contributed by atoms with E-state index in [1.807, 2.05) is 0 Å². The monoisotopic (exact) mass is 282 g/mol. The van der Waals surface area contributed by atoms with E-state index in [2.05, 4.69) is 6.58 Å². The molecule has 0 radical (unpaired) electrons. The second kappa shape index (κ2) is 5.61. The summed E-state index contributed by atoms with van der Waals surface area (Å²) in [6, 6.07) is 2.50. The highest BCUT2D eigenvalue weighted by molar-refractivity contribution is 5.75. The first-order chi connectivity index (χ1) is 9.49. The maximum absolute atomic E-state index is 13.8. The van der Waals surface area contributed by atoms with Gasteiger partial charge in [-0.15, -0.1) is 0 Å². The molecule has 2 rings (SSSR count). The van der Waals surface area contributed by atoms with E-state index in [1.54, 1.807) is 0 Å². The van der Waals surface area contributed by atoms with Gasteiger partial charge in [0, 0.05) is 11.5 Å². The molecule has 0 heterocycles. The largest absolute Gasteiger partial charge is 0.493 e. The van der Waals surface area contributed by atoms with Crippen LogP contribution in [0.4, 0.5) is 8.78 Å². The van der Waals surface area contributed by atoms with Crippen LogP contribution in [0.15, 0.2) is 24.3 Å². The van der Waals surface area contributed by atoms with Gasteiger partial charge in [0.05, 0.1) is 20.1 Å². The van der Waals surface area contributed by atoms with Crippen LogP contribution in [0.1, 0.15) is 24.3 Å². The molecule has 0 aromatic heterocycles. The molecule has 1 aliphatic carbocycles. The minimum absolute atomic E-state index is 0.154. The standard InChI is InChI=1S/C15H16F2O3/c1-8-6-10(11(7-8)15(18)20-3)9-4-5-12(16)13(17)14(9)19-2/h4-5,10-11H,1,6-7H2,2-3H3. The van der Waals surface area contributed by atoms with Crippen molar-refractivity contribution in [2.45, 2.75) is 18.8 Å². The van der Waals surface area contributed by atoms with Crippen LogP contribution in [0.25, 0.3) is 0 Å². The Morgan fingerprint density at radius 2 is 2.00 bits per heavy atom. The second-order valence-electron chi connectivity index (χ2n) is 4.88. The van der Waals surface area contributed by atoms with Crippen molar-refractivity contribution in [3.8, 4) is 5.75 Å². The molecule has 0 aliphatic heterocycles. The Balaban J connectivity index is 2.46. The SMILES string of the molecule is C=C1CC(C(=O)OC)C(c2ccc(F)c(F)c2OC)C1. The summed E-state index contributed by atoms with van der Waals surface area (Å²) < 4.78 is 36.8. The minimum atomic E-state index is -1.04. The van der Waals surface area contributed by atoms with Crippen LogP contribution in [0, 0.1) is 17.6 Å². The lowest BCUT2D eigenvalue weighted by Crippen LogP contribution is -2.19. The van der Waals surface area contributed by atoms with Crippen molar-refractivity contribution in [1.29, 1.82) is 0 Å². The molecule has 1 fully saturated rings. The smallest absolute Gasteiger partial charge is 0.309 e. The highest BCUT2D eigenvalue weighted by Crippen LogP contribution is 2.46. The van der Waals surface area contributed by atoms with Crippen LogP contribution in [-0.2, 0) is 9.53 Å². The van der Waals surface area contributed by atoms with Crippen molar-refractivity contribution < 1.29 is 23.0 Å². The van der Waals surface area contributed by atoms with E-state index in [4.69, 9.17) is 9.47 Å². The predicted molar refractivity (Wildman–Crippen MR) is 69.5 cm³/mol.